The van der Waals surface area contributed by atoms with Gasteiger partial charge in [0.05, 0.1) is 17.8 Å². The highest BCUT2D eigenvalue weighted by molar-refractivity contribution is 4.72. The van der Waals surface area contributed by atoms with Crippen LogP contribution >= 0.6 is 0 Å². The van der Waals surface area contributed by atoms with E-state index in [1.807, 2.05) is 0 Å². The quantitative estimate of drug-likeness (QED) is 0.725. The smallest absolute Gasteiger partial charge is 0.0613 e. The van der Waals surface area contributed by atoms with Crippen molar-refractivity contribution in [2.75, 3.05) is 6.61 Å². The molecule has 0 bridgehead atoms. The molecule has 2 N–H and O–H groups in total. The Bertz CT molecular complexity index is 154. The molecule has 0 aromatic rings. The van der Waals surface area contributed by atoms with Crippen LogP contribution in [0.4, 0.5) is 0 Å². The molecule has 1 rings (SSSR count). The highest BCUT2D eigenvalue weighted by atomic mass is 16.5. The summed E-state index contributed by atoms with van der Waals surface area (Å²) in [6.45, 7) is 4.20. The van der Waals surface area contributed by atoms with E-state index < -0.39 is 5.60 Å². The second-order valence-corrected chi connectivity index (χ2v) is 4.86. The second kappa shape index (κ2) is 5.10. The lowest BCUT2D eigenvalue weighted by atomic mass is 9.95. The van der Waals surface area contributed by atoms with E-state index in [1.54, 1.807) is 13.8 Å². The maximum absolute atomic E-state index is 9.47. The van der Waals surface area contributed by atoms with Crippen molar-refractivity contribution < 1.29 is 14.9 Å². The minimum Gasteiger partial charge on any atom is -0.393 e. The van der Waals surface area contributed by atoms with Crippen LogP contribution in [0.1, 0.15) is 46.0 Å². The van der Waals surface area contributed by atoms with Gasteiger partial charge in [0.15, 0.2) is 0 Å². The molecule has 0 amide bonds. The summed E-state index contributed by atoms with van der Waals surface area (Å²) in [4.78, 5) is 0. The van der Waals surface area contributed by atoms with Crippen LogP contribution in [0, 0.1) is 0 Å². The summed E-state index contributed by atoms with van der Waals surface area (Å²) in [5.41, 5.74) is -0.631. The van der Waals surface area contributed by atoms with Crippen LogP contribution in [0.15, 0.2) is 0 Å². The topological polar surface area (TPSA) is 49.7 Å². The minimum absolute atomic E-state index is 0.121. The third-order valence-corrected chi connectivity index (χ3v) is 2.71. The monoisotopic (exact) mass is 202 g/mol. The summed E-state index contributed by atoms with van der Waals surface area (Å²) in [6, 6.07) is 0. The zero-order valence-corrected chi connectivity index (χ0v) is 9.20. The van der Waals surface area contributed by atoms with Crippen LogP contribution in [0.5, 0.6) is 0 Å². The van der Waals surface area contributed by atoms with Crippen molar-refractivity contribution in [2.45, 2.75) is 63.8 Å². The molecule has 1 fully saturated rings. The molecule has 0 spiro atoms. The van der Waals surface area contributed by atoms with Crippen molar-refractivity contribution in [3.63, 3.8) is 0 Å². The van der Waals surface area contributed by atoms with E-state index >= 15 is 0 Å². The number of hydrogen-bond donors (Lipinski definition) is 2. The predicted octanol–water partition coefficient (Wildman–Crippen LogP) is 1.47. The van der Waals surface area contributed by atoms with Crippen molar-refractivity contribution >= 4 is 0 Å². The van der Waals surface area contributed by atoms with E-state index in [4.69, 9.17) is 4.74 Å². The zero-order chi connectivity index (χ0) is 10.6. The highest BCUT2D eigenvalue weighted by Crippen LogP contribution is 2.21. The lowest BCUT2D eigenvalue weighted by Gasteiger charge is -2.26. The Morgan fingerprint density at radius 2 is 1.79 bits per heavy atom. The molecule has 0 aliphatic heterocycles. The van der Waals surface area contributed by atoms with Gasteiger partial charge in [0.2, 0.25) is 0 Å². The average molecular weight is 202 g/mol. The number of hydrogen-bond acceptors (Lipinski definition) is 3. The molecule has 0 aromatic heterocycles. The molecule has 0 aromatic carbocycles. The van der Waals surface area contributed by atoms with E-state index in [-0.39, 0.29) is 6.10 Å². The third kappa shape index (κ3) is 4.94. The molecular formula is C11H22O3. The summed E-state index contributed by atoms with van der Waals surface area (Å²) < 4.78 is 5.64. The molecular weight excluding hydrogens is 180 g/mol. The Morgan fingerprint density at radius 3 is 2.29 bits per heavy atom. The van der Waals surface area contributed by atoms with Gasteiger partial charge in [-0.15, -0.1) is 0 Å². The molecule has 3 nitrogen and oxygen atoms in total. The SMILES string of the molecule is CC(C)(O)CCOC1CCC(O)CC1. The van der Waals surface area contributed by atoms with Gasteiger partial charge in [-0.2, -0.15) is 0 Å². The van der Waals surface area contributed by atoms with Gasteiger partial charge < -0.3 is 14.9 Å². The average Bonchev–Trinajstić information content (AvgIpc) is 2.06. The first-order valence-corrected chi connectivity index (χ1v) is 5.49. The summed E-state index contributed by atoms with van der Waals surface area (Å²) in [6.07, 6.45) is 4.46. The number of rotatable bonds is 4. The van der Waals surface area contributed by atoms with Crippen molar-refractivity contribution in [2.24, 2.45) is 0 Å². The highest BCUT2D eigenvalue weighted by Gasteiger charge is 2.20. The fourth-order valence-electron chi connectivity index (χ4n) is 1.69. The molecule has 3 heteroatoms. The molecule has 14 heavy (non-hydrogen) atoms. The number of aliphatic hydroxyl groups is 2. The molecule has 0 radical (unpaired) electrons. The Balaban J connectivity index is 2.08. The Kier molecular flexibility index (Phi) is 4.35. The molecule has 0 saturated heterocycles. The fraction of sp³-hybridized carbons (Fsp3) is 1.00. The summed E-state index contributed by atoms with van der Waals surface area (Å²) in [7, 11) is 0. The molecule has 0 unspecified atom stereocenters. The maximum atomic E-state index is 9.47. The van der Waals surface area contributed by atoms with Crippen molar-refractivity contribution in [3.8, 4) is 0 Å². The van der Waals surface area contributed by atoms with E-state index in [1.165, 1.54) is 0 Å². The van der Waals surface area contributed by atoms with Crippen LogP contribution in [-0.4, -0.2) is 34.6 Å². The zero-order valence-electron chi connectivity index (χ0n) is 9.20. The van der Waals surface area contributed by atoms with E-state index in [2.05, 4.69) is 0 Å². The van der Waals surface area contributed by atoms with Gasteiger partial charge in [-0.25, -0.2) is 0 Å². The van der Waals surface area contributed by atoms with Gasteiger partial charge in [-0.05, 0) is 46.0 Å². The second-order valence-electron chi connectivity index (χ2n) is 4.86. The lowest BCUT2D eigenvalue weighted by Crippen LogP contribution is -2.27. The van der Waals surface area contributed by atoms with Gasteiger partial charge >= 0.3 is 0 Å². The number of ether oxygens (including phenoxy) is 1. The van der Waals surface area contributed by atoms with Crippen LogP contribution in [-0.2, 0) is 4.74 Å². The van der Waals surface area contributed by atoms with Crippen LogP contribution in [0.25, 0.3) is 0 Å². The van der Waals surface area contributed by atoms with Gasteiger partial charge in [0, 0.05) is 6.61 Å². The van der Waals surface area contributed by atoms with E-state index in [0.29, 0.717) is 19.1 Å². The molecule has 84 valence electrons. The van der Waals surface area contributed by atoms with Gasteiger partial charge in [-0.1, -0.05) is 0 Å². The Morgan fingerprint density at radius 1 is 1.21 bits per heavy atom. The third-order valence-electron chi connectivity index (χ3n) is 2.71. The fourth-order valence-corrected chi connectivity index (χ4v) is 1.69. The molecule has 1 aliphatic rings. The van der Waals surface area contributed by atoms with E-state index in [0.717, 1.165) is 25.7 Å². The van der Waals surface area contributed by atoms with E-state index in [9.17, 15) is 10.2 Å². The molecule has 0 heterocycles. The van der Waals surface area contributed by atoms with Gasteiger partial charge in [0.1, 0.15) is 0 Å². The standard InChI is InChI=1S/C11H22O3/c1-11(2,13)7-8-14-10-5-3-9(12)4-6-10/h9-10,12-13H,3-8H2,1-2H3. The van der Waals surface area contributed by atoms with Crippen LogP contribution in [0.3, 0.4) is 0 Å². The first kappa shape index (κ1) is 12.0. The summed E-state index contributed by atoms with van der Waals surface area (Å²) in [5.74, 6) is 0. The van der Waals surface area contributed by atoms with Crippen LogP contribution in [0.2, 0.25) is 0 Å². The lowest BCUT2D eigenvalue weighted by molar-refractivity contribution is -0.0297. The maximum Gasteiger partial charge on any atom is 0.0613 e. The summed E-state index contributed by atoms with van der Waals surface area (Å²) >= 11 is 0. The first-order valence-electron chi connectivity index (χ1n) is 5.49. The normalized spacial score (nSPS) is 29.1. The Labute approximate surface area is 86.1 Å². The molecule has 0 atom stereocenters. The first-order chi connectivity index (χ1) is 6.47. The van der Waals surface area contributed by atoms with Gasteiger partial charge in [0.25, 0.3) is 0 Å². The molecule has 1 saturated carbocycles. The van der Waals surface area contributed by atoms with Gasteiger partial charge in [-0.3, -0.25) is 0 Å². The van der Waals surface area contributed by atoms with Crippen LogP contribution < -0.4 is 0 Å². The molecule has 1 aliphatic carbocycles. The number of aliphatic hydroxyl groups excluding tert-OH is 1. The predicted molar refractivity (Wildman–Crippen MR) is 55.1 cm³/mol. The van der Waals surface area contributed by atoms with Crippen molar-refractivity contribution in [1.82, 2.24) is 0 Å². The van der Waals surface area contributed by atoms with Crippen molar-refractivity contribution in [3.05, 3.63) is 0 Å². The summed E-state index contributed by atoms with van der Waals surface area (Å²) in [5, 5.41) is 18.8. The largest absolute Gasteiger partial charge is 0.393 e. The Hall–Kier alpha value is -0.120. The van der Waals surface area contributed by atoms with Crippen molar-refractivity contribution in [1.29, 1.82) is 0 Å². The minimum atomic E-state index is -0.631.